The quantitative estimate of drug-likeness (QED) is 0.195. The van der Waals surface area contributed by atoms with Crippen LogP contribution < -0.4 is 11.3 Å². The fourth-order valence-corrected chi connectivity index (χ4v) is 5.17. The summed E-state index contributed by atoms with van der Waals surface area (Å²) >= 11 is 0. The molecule has 2 aromatic heterocycles. The molecule has 4 N–H and O–H groups in total. The molecule has 0 bridgehead atoms. The second kappa shape index (κ2) is 10.2. The zero-order valence-electron chi connectivity index (χ0n) is 21.6. The maximum atomic E-state index is 13.4. The lowest BCUT2D eigenvalue weighted by Crippen LogP contribution is -2.21. The number of hydrogen-bond acceptors (Lipinski definition) is 8. The highest BCUT2D eigenvalue weighted by atomic mass is 16.4. The molecule has 204 valence electrons. The first-order chi connectivity index (χ1) is 19.8. The maximum absolute atomic E-state index is 13.4. The Morgan fingerprint density at radius 2 is 1.02 bits per heavy atom. The van der Waals surface area contributed by atoms with Gasteiger partial charge in [-0.2, -0.15) is 0 Å². The number of aryl methyl sites for hydroxylation is 2. The number of aromatic hydroxyl groups is 4. The third kappa shape index (κ3) is 4.76. The summed E-state index contributed by atoms with van der Waals surface area (Å²) in [5, 5.41) is 42.6. The van der Waals surface area contributed by atoms with Crippen LogP contribution >= 0.6 is 0 Å². The molecule has 8 nitrogen and oxygen atoms in total. The third-order valence-electron chi connectivity index (χ3n) is 7.23. The van der Waals surface area contributed by atoms with Crippen LogP contribution in [0, 0.1) is 0 Å². The number of rotatable bonds is 6. The first-order valence-corrected chi connectivity index (χ1v) is 12.9. The number of benzene rings is 4. The van der Waals surface area contributed by atoms with E-state index < -0.39 is 28.7 Å². The van der Waals surface area contributed by atoms with Crippen LogP contribution in [0.1, 0.15) is 33.7 Å². The van der Waals surface area contributed by atoms with E-state index >= 15 is 0 Å². The van der Waals surface area contributed by atoms with Crippen molar-refractivity contribution in [2.45, 2.75) is 18.8 Å². The topological polar surface area (TPSA) is 141 Å². The number of fused-ring (bicyclic) bond motifs is 2. The number of phenols is 2. The van der Waals surface area contributed by atoms with E-state index in [-0.39, 0.29) is 44.6 Å². The summed E-state index contributed by atoms with van der Waals surface area (Å²) in [5.41, 5.74) is 0.0623. The largest absolute Gasteiger partial charge is 0.508 e. The van der Waals surface area contributed by atoms with Gasteiger partial charge in [-0.3, -0.25) is 0 Å². The van der Waals surface area contributed by atoms with Gasteiger partial charge in [0.15, 0.2) is 0 Å². The van der Waals surface area contributed by atoms with Gasteiger partial charge < -0.3 is 29.3 Å². The molecule has 0 radical (unpaired) electrons. The Bertz CT molecular complexity index is 1920. The Morgan fingerprint density at radius 3 is 1.51 bits per heavy atom. The minimum atomic E-state index is -1.28. The standard InChI is InChI=1S/C33H24O8/c34-21-12-14-23-25(16-21)40-32(38)28(30(23)36)27(29-31(37)24-15-13-22(35)17-26(24)41-33(29)39)20-10-8-19(9-11-20)7-6-18-4-2-1-3-5-18/h1-5,8-17,27,34-37H,6-7H2. The molecule has 4 aromatic carbocycles. The molecule has 0 atom stereocenters. The van der Waals surface area contributed by atoms with E-state index in [1.165, 1.54) is 42.0 Å². The van der Waals surface area contributed by atoms with Gasteiger partial charge in [0.05, 0.1) is 27.8 Å². The molecule has 0 saturated heterocycles. The summed E-state index contributed by atoms with van der Waals surface area (Å²) in [6, 6.07) is 25.0. The summed E-state index contributed by atoms with van der Waals surface area (Å²) in [6.45, 7) is 0. The fraction of sp³-hybridized carbons (Fsp3) is 0.0909. The predicted molar refractivity (Wildman–Crippen MR) is 153 cm³/mol. The highest BCUT2D eigenvalue weighted by Gasteiger charge is 2.32. The maximum Gasteiger partial charge on any atom is 0.344 e. The molecule has 0 saturated carbocycles. The van der Waals surface area contributed by atoms with Crippen LogP contribution in [0.2, 0.25) is 0 Å². The van der Waals surface area contributed by atoms with E-state index in [0.29, 0.717) is 5.56 Å². The van der Waals surface area contributed by atoms with Crippen LogP contribution in [-0.4, -0.2) is 20.4 Å². The van der Waals surface area contributed by atoms with Crippen LogP contribution in [0.5, 0.6) is 23.0 Å². The lowest BCUT2D eigenvalue weighted by Gasteiger charge is -2.20. The van der Waals surface area contributed by atoms with Gasteiger partial charge in [-0.1, -0.05) is 54.6 Å². The molecule has 0 aliphatic carbocycles. The van der Waals surface area contributed by atoms with Gasteiger partial charge in [0.25, 0.3) is 0 Å². The monoisotopic (exact) mass is 548 g/mol. The zero-order valence-corrected chi connectivity index (χ0v) is 21.6. The van der Waals surface area contributed by atoms with E-state index in [1.807, 2.05) is 42.5 Å². The Labute approximate surface area is 232 Å². The van der Waals surface area contributed by atoms with Crippen molar-refractivity contribution in [3.05, 3.63) is 140 Å². The predicted octanol–water partition coefficient (Wildman–Crippen LogP) is 5.69. The van der Waals surface area contributed by atoms with Crippen molar-refractivity contribution in [3.63, 3.8) is 0 Å². The smallest absolute Gasteiger partial charge is 0.344 e. The van der Waals surface area contributed by atoms with Gasteiger partial charge in [-0.25, -0.2) is 9.59 Å². The Morgan fingerprint density at radius 1 is 0.561 bits per heavy atom. The van der Waals surface area contributed by atoms with Gasteiger partial charge in [-0.15, -0.1) is 0 Å². The first-order valence-electron chi connectivity index (χ1n) is 12.9. The summed E-state index contributed by atoms with van der Waals surface area (Å²) < 4.78 is 10.9. The third-order valence-corrected chi connectivity index (χ3v) is 7.23. The molecular formula is C33H24O8. The molecule has 6 aromatic rings. The summed E-state index contributed by atoms with van der Waals surface area (Å²) in [6.07, 6.45) is 1.56. The molecule has 0 spiro atoms. The highest BCUT2D eigenvalue weighted by molar-refractivity contribution is 5.88. The Kier molecular flexibility index (Phi) is 6.43. The van der Waals surface area contributed by atoms with Gasteiger partial charge in [-0.05, 0) is 53.8 Å². The molecule has 0 amide bonds. The van der Waals surface area contributed by atoms with E-state index in [4.69, 9.17) is 8.83 Å². The van der Waals surface area contributed by atoms with Crippen LogP contribution in [-0.2, 0) is 12.8 Å². The van der Waals surface area contributed by atoms with E-state index in [9.17, 15) is 30.0 Å². The second-order valence-corrected chi connectivity index (χ2v) is 9.82. The number of phenolic OH excluding ortho intramolecular Hbond substituents is 2. The Hall–Kier alpha value is -5.50. The minimum absolute atomic E-state index is 0.0449. The summed E-state index contributed by atoms with van der Waals surface area (Å²) in [5.74, 6) is -2.52. The van der Waals surface area contributed by atoms with Crippen LogP contribution in [0.15, 0.2) is 109 Å². The van der Waals surface area contributed by atoms with Crippen LogP contribution in [0.25, 0.3) is 21.9 Å². The lowest BCUT2D eigenvalue weighted by molar-refractivity contribution is 0.439. The van der Waals surface area contributed by atoms with Gasteiger partial charge in [0.1, 0.15) is 34.2 Å². The van der Waals surface area contributed by atoms with Crippen LogP contribution in [0.3, 0.4) is 0 Å². The first kappa shape index (κ1) is 25.8. The average Bonchev–Trinajstić information content (AvgIpc) is 2.95. The molecule has 0 fully saturated rings. The minimum Gasteiger partial charge on any atom is -0.508 e. The second-order valence-electron chi connectivity index (χ2n) is 9.82. The summed E-state index contributed by atoms with van der Waals surface area (Å²) in [7, 11) is 0. The SMILES string of the molecule is O=c1oc2cc(O)ccc2c(O)c1C(c1ccc(CCc2ccccc2)cc1)c1c(O)c2ccc(O)cc2oc1=O. The van der Waals surface area contributed by atoms with E-state index in [1.54, 1.807) is 12.1 Å². The molecular weight excluding hydrogens is 524 g/mol. The normalized spacial score (nSPS) is 11.4. The van der Waals surface area contributed by atoms with Crippen molar-refractivity contribution in [1.29, 1.82) is 0 Å². The molecule has 0 aliphatic rings. The van der Waals surface area contributed by atoms with Crippen molar-refractivity contribution < 1.29 is 29.3 Å². The van der Waals surface area contributed by atoms with E-state index in [0.717, 1.165) is 18.4 Å². The molecule has 0 unspecified atom stereocenters. The van der Waals surface area contributed by atoms with Crippen LogP contribution in [0.4, 0.5) is 0 Å². The van der Waals surface area contributed by atoms with Gasteiger partial charge >= 0.3 is 11.3 Å². The molecule has 8 heteroatoms. The van der Waals surface area contributed by atoms with Crippen molar-refractivity contribution >= 4 is 21.9 Å². The number of hydrogen-bond donors (Lipinski definition) is 4. The molecule has 6 rings (SSSR count). The van der Waals surface area contributed by atoms with Crippen molar-refractivity contribution in [2.75, 3.05) is 0 Å². The molecule has 2 heterocycles. The van der Waals surface area contributed by atoms with Crippen molar-refractivity contribution in [3.8, 4) is 23.0 Å². The van der Waals surface area contributed by atoms with Gasteiger partial charge in [0, 0.05) is 12.1 Å². The summed E-state index contributed by atoms with van der Waals surface area (Å²) in [4.78, 5) is 26.7. The Balaban J connectivity index is 1.54. The molecule has 41 heavy (non-hydrogen) atoms. The highest BCUT2D eigenvalue weighted by Crippen LogP contribution is 2.42. The lowest BCUT2D eigenvalue weighted by atomic mass is 9.84. The molecule has 0 aliphatic heterocycles. The van der Waals surface area contributed by atoms with Gasteiger partial charge in [0.2, 0.25) is 0 Å². The zero-order chi connectivity index (χ0) is 28.7. The fourth-order valence-electron chi connectivity index (χ4n) is 5.17. The van der Waals surface area contributed by atoms with Crippen molar-refractivity contribution in [2.24, 2.45) is 0 Å². The van der Waals surface area contributed by atoms with E-state index in [2.05, 4.69) is 0 Å². The average molecular weight is 549 g/mol. The van der Waals surface area contributed by atoms with Crippen molar-refractivity contribution in [1.82, 2.24) is 0 Å².